The van der Waals surface area contributed by atoms with Crippen LogP contribution in [0.2, 0.25) is 0 Å². The molecule has 0 saturated carbocycles. The van der Waals surface area contributed by atoms with E-state index >= 15 is 0 Å². The van der Waals surface area contributed by atoms with E-state index in [0.717, 1.165) is 0 Å². The SMILES string of the molecule is CC(C)(C)OC(=O)CSCC[C@@H](N)C(=O)O. The fraction of sp³-hybridized carbons (Fsp3) is 0.800. The molecule has 6 heteroatoms. The standard InChI is InChI=1S/C10H19NO4S/c1-10(2,3)15-8(12)6-16-5-4-7(11)9(13)14/h7H,4-6,11H2,1-3H3,(H,13,14)/t7-/m1/s1. The molecule has 1 atom stereocenters. The third kappa shape index (κ3) is 8.55. The molecule has 0 bridgehead atoms. The van der Waals surface area contributed by atoms with E-state index in [1.807, 2.05) is 0 Å². The number of carboxylic acid groups (broad SMARTS) is 1. The Labute approximate surface area is 99.7 Å². The molecule has 0 aliphatic rings. The lowest BCUT2D eigenvalue weighted by Crippen LogP contribution is -2.30. The molecule has 16 heavy (non-hydrogen) atoms. The van der Waals surface area contributed by atoms with Gasteiger partial charge in [-0.2, -0.15) is 11.8 Å². The van der Waals surface area contributed by atoms with Crippen molar-refractivity contribution in [2.75, 3.05) is 11.5 Å². The van der Waals surface area contributed by atoms with Crippen LogP contribution in [-0.4, -0.2) is 40.2 Å². The maximum absolute atomic E-state index is 11.2. The molecule has 0 saturated heterocycles. The van der Waals surface area contributed by atoms with Gasteiger partial charge in [-0.05, 0) is 32.9 Å². The van der Waals surface area contributed by atoms with Crippen LogP contribution in [0.4, 0.5) is 0 Å². The molecule has 0 unspecified atom stereocenters. The van der Waals surface area contributed by atoms with Gasteiger partial charge in [-0.25, -0.2) is 0 Å². The molecule has 0 amide bonds. The van der Waals surface area contributed by atoms with Gasteiger partial charge >= 0.3 is 11.9 Å². The maximum atomic E-state index is 11.2. The van der Waals surface area contributed by atoms with Crippen LogP contribution in [0.5, 0.6) is 0 Å². The van der Waals surface area contributed by atoms with E-state index in [2.05, 4.69) is 0 Å². The summed E-state index contributed by atoms with van der Waals surface area (Å²) in [6.45, 7) is 5.40. The Morgan fingerprint density at radius 2 is 2.00 bits per heavy atom. The summed E-state index contributed by atoms with van der Waals surface area (Å²) in [7, 11) is 0. The molecule has 0 aliphatic carbocycles. The number of thioether (sulfide) groups is 1. The van der Waals surface area contributed by atoms with Gasteiger partial charge in [0.2, 0.25) is 0 Å². The van der Waals surface area contributed by atoms with Gasteiger partial charge in [0.1, 0.15) is 11.6 Å². The molecule has 3 N–H and O–H groups in total. The summed E-state index contributed by atoms with van der Waals surface area (Å²) in [5, 5.41) is 8.52. The quantitative estimate of drug-likeness (QED) is 0.536. The van der Waals surface area contributed by atoms with Gasteiger partial charge in [0.15, 0.2) is 0 Å². The van der Waals surface area contributed by atoms with Gasteiger partial charge < -0.3 is 15.6 Å². The van der Waals surface area contributed by atoms with E-state index in [4.69, 9.17) is 15.6 Å². The highest BCUT2D eigenvalue weighted by Gasteiger charge is 2.16. The van der Waals surface area contributed by atoms with E-state index in [-0.39, 0.29) is 11.7 Å². The first-order valence-electron chi connectivity index (χ1n) is 5.00. The molecule has 0 aromatic rings. The molecule has 0 fully saturated rings. The monoisotopic (exact) mass is 249 g/mol. The number of esters is 1. The van der Waals surface area contributed by atoms with Crippen LogP contribution >= 0.6 is 11.8 Å². The average Bonchev–Trinajstić information content (AvgIpc) is 2.08. The normalized spacial score (nSPS) is 13.2. The summed E-state index contributed by atoms with van der Waals surface area (Å²) in [6, 6.07) is -0.855. The van der Waals surface area contributed by atoms with E-state index in [9.17, 15) is 9.59 Å². The molecular weight excluding hydrogens is 230 g/mol. The van der Waals surface area contributed by atoms with Gasteiger partial charge in [0, 0.05) is 0 Å². The van der Waals surface area contributed by atoms with Crippen molar-refractivity contribution in [2.24, 2.45) is 5.73 Å². The largest absolute Gasteiger partial charge is 0.480 e. The van der Waals surface area contributed by atoms with E-state index in [1.54, 1.807) is 20.8 Å². The van der Waals surface area contributed by atoms with Crippen LogP contribution in [0.25, 0.3) is 0 Å². The summed E-state index contributed by atoms with van der Waals surface area (Å²) < 4.78 is 5.08. The first-order valence-corrected chi connectivity index (χ1v) is 6.16. The Morgan fingerprint density at radius 3 is 2.44 bits per heavy atom. The number of ether oxygens (including phenoxy) is 1. The number of hydrogen-bond acceptors (Lipinski definition) is 5. The fourth-order valence-corrected chi connectivity index (χ4v) is 1.65. The summed E-state index contributed by atoms with van der Waals surface area (Å²) in [5.74, 6) is -0.546. The first kappa shape index (κ1) is 15.2. The summed E-state index contributed by atoms with van der Waals surface area (Å²) >= 11 is 1.33. The van der Waals surface area contributed by atoms with Crippen molar-refractivity contribution in [3.05, 3.63) is 0 Å². The zero-order valence-corrected chi connectivity index (χ0v) is 10.7. The highest BCUT2D eigenvalue weighted by Crippen LogP contribution is 2.11. The lowest BCUT2D eigenvalue weighted by atomic mass is 10.2. The molecule has 5 nitrogen and oxygen atoms in total. The average molecular weight is 249 g/mol. The summed E-state index contributed by atoms with van der Waals surface area (Å²) in [5.41, 5.74) is 4.83. The molecular formula is C10H19NO4S. The highest BCUT2D eigenvalue weighted by molar-refractivity contribution is 7.99. The highest BCUT2D eigenvalue weighted by atomic mass is 32.2. The Kier molecular flexibility index (Phi) is 6.43. The van der Waals surface area contributed by atoms with Crippen molar-refractivity contribution in [2.45, 2.75) is 38.8 Å². The molecule has 0 spiro atoms. The number of carbonyl (C=O) groups excluding carboxylic acids is 1. The van der Waals surface area contributed by atoms with Gasteiger partial charge in [-0.1, -0.05) is 0 Å². The van der Waals surface area contributed by atoms with Gasteiger partial charge in [-0.15, -0.1) is 0 Å². The Bertz CT molecular complexity index is 250. The minimum absolute atomic E-state index is 0.226. The first-order chi connectivity index (χ1) is 7.22. The van der Waals surface area contributed by atoms with Gasteiger partial charge in [0.05, 0.1) is 5.75 Å². The Balaban J connectivity index is 3.60. The second kappa shape index (κ2) is 6.75. The molecule has 0 aromatic carbocycles. The number of rotatable bonds is 6. The third-order valence-corrected chi connectivity index (χ3v) is 2.49. The van der Waals surface area contributed by atoms with Crippen molar-refractivity contribution in [1.82, 2.24) is 0 Å². The van der Waals surface area contributed by atoms with Crippen LogP contribution in [0.1, 0.15) is 27.2 Å². The number of hydrogen-bond donors (Lipinski definition) is 2. The van der Waals surface area contributed by atoms with Crippen LogP contribution < -0.4 is 5.73 Å². The van der Waals surface area contributed by atoms with Crippen LogP contribution in [0, 0.1) is 0 Å². The molecule has 0 radical (unpaired) electrons. The predicted octanol–water partition coefficient (Wildman–Crippen LogP) is 0.863. The Hall–Kier alpha value is -0.750. The van der Waals surface area contributed by atoms with Gasteiger partial charge in [-0.3, -0.25) is 9.59 Å². The predicted molar refractivity (Wildman–Crippen MR) is 63.4 cm³/mol. The van der Waals surface area contributed by atoms with Gasteiger partial charge in [0.25, 0.3) is 0 Å². The molecule has 94 valence electrons. The van der Waals surface area contributed by atoms with E-state index < -0.39 is 17.6 Å². The van der Waals surface area contributed by atoms with E-state index in [0.29, 0.717) is 12.2 Å². The summed E-state index contributed by atoms with van der Waals surface area (Å²) in [6.07, 6.45) is 0.350. The maximum Gasteiger partial charge on any atom is 0.320 e. The lowest BCUT2D eigenvalue weighted by Gasteiger charge is -2.19. The minimum Gasteiger partial charge on any atom is -0.480 e. The van der Waals surface area contributed by atoms with Crippen molar-refractivity contribution in [1.29, 1.82) is 0 Å². The van der Waals surface area contributed by atoms with E-state index in [1.165, 1.54) is 11.8 Å². The minimum atomic E-state index is -1.02. The summed E-state index contributed by atoms with van der Waals surface area (Å²) in [4.78, 5) is 21.6. The van der Waals surface area contributed by atoms with Crippen LogP contribution in [0.15, 0.2) is 0 Å². The smallest absolute Gasteiger partial charge is 0.320 e. The van der Waals surface area contributed by atoms with Crippen molar-refractivity contribution in [3.63, 3.8) is 0 Å². The van der Waals surface area contributed by atoms with Crippen molar-refractivity contribution >= 4 is 23.7 Å². The number of carbonyl (C=O) groups is 2. The van der Waals surface area contributed by atoms with Crippen molar-refractivity contribution < 1.29 is 19.4 Å². The third-order valence-electron chi connectivity index (χ3n) is 1.53. The Morgan fingerprint density at radius 1 is 1.44 bits per heavy atom. The zero-order chi connectivity index (χ0) is 12.8. The number of aliphatic carboxylic acids is 1. The topological polar surface area (TPSA) is 89.6 Å². The molecule has 0 heterocycles. The fourth-order valence-electron chi connectivity index (χ4n) is 0.860. The molecule has 0 aromatic heterocycles. The number of nitrogens with two attached hydrogens (primary N) is 1. The van der Waals surface area contributed by atoms with Crippen LogP contribution in [0.3, 0.4) is 0 Å². The number of carboxylic acids is 1. The molecule has 0 rings (SSSR count). The second-order valence-corrected chi connectivity index (χ2v) is 5.48. The van der Waals surface area contributed by atoms with Crippen LogP contribution in [-0.2, 0) is 14.3 Å². The lowest BCUT2D eigenvalue weighted by molar-refractivity contribution is -0.151. The molecule has 0 aliphatic heterocycles. The van der Waals surface area contributed by atoms with Crippen molar-refractivity contribution in [3.8, 4) is 0 Å². The second-order valence-electron chi connectivity index (χ2n) is 4.37. The zero-order valence-electron chi connectivity index (χ0n) is 9.86.